The average Bonchev–Trinajstić information content (AvgIpc) is 2.12. The van der Waals surface area contributed by atoms with Gasteiger partial charge in [0.25, 0.3) is 5.91 Å². The lowest BCUT2D eigenvalue weighted by atomic mass is 9.99. The predicted octanol–water partition coefficient (Wildman–Crippen LogP) is 2.45. The lowest BCUT2D eigenvalue weighted by molar-refractivity contribution is -0.132. The zero-order chi connectivity index (χ0) is 15.4. The topological polar surface area (TPSA) is 61.7 Å². The Kier molecular flexibility index (Phi) is 6.42. The minimum atomic E-state index is -1.61. The molecule has 4 nitrogen and oxygen atoms in total. The van der Waals surface area contributed by atoms with Gasteiger partial charge in [-0.3, -0.25) is 9.79 Å². The molecule has 0 aromatic heterocycles. The number of aliphatic imine (C=N–C) groups is 1. The van der Waals surface area contributed by atoms with Gasteiger partial charge in [-0.15, -0.1) is 0 Å². The largest absolute Gasteiger partial charge is 0.375 e. The van der Waals surface area contributed by atoms with Crippen molar-refractivity contribution in [1.82, 2.24) is 5.32 Å². The maximum Gasteiger partial charge on any atom is 0.257 e. The molecule has 0 saturated heterocycles. The van der Waals surface area contributed by atoms with Gasteiger partial charge in [-0.1, -0.05) is 19.6 Å². The third-order valence-electron chi connectivity index (χ3n) is 2.63. The summed E-state index contributed by atoms with van der Waals surface area (Å²) >= 11 is 0. The first-order chi connectivity index (χ1) is 8.38. The van der Waals surface area contributed by atoms with Crippen molar-refractivity contribution in [3.63, 3.8) is 0 Å². The summed E-state index contributed by atoms with van der Waals surface area (Å²) in [7, 11) is -1.61. The van der Waals surface area contributed by atoms with Crippen LogP contribution in [0.1, 0.15) is 34.6 Å². The van der Waals surface area contributed by atoms with Crippen LogP contribution in [0.25, 0.3) is 0 Å². The summed E-state index contributed by atoms with van der Waals surface area (Å²) < 4.78 is 0. The molecule has 19 heavy (non-hydrogen) atoms. The lowest BCUT2D eigenvalue weighted by Gasteiger charge is -2.33. The Hall–Kier alpha value is -0.683. The monoisotopic (exact) mass is 286 g/mol. The predicted molar refractivity (Wildman–Crippen MR) is 84.6 cm³/mol. The van der Waals surface area contributed by atoms with Crippen LogP contribution in [0.3, 0.4) is 0 Å². The molecule has 112 valence electrons. The van der Waals surface area contributed by atoms with Gasteiger partial charge in [0.2, 0.25) is 0 Å². The van der Waals surface area contributed by atoms with Gasteiger partial charge in [0.15, 0.2) is 5.60 Å². The Balaban J connectivity index is 5.41. The second-order valence-electron chi connectivity index (χ2n) is 7.03. The molecule has 0 heterocycles. The SMILES string of the molecule is CC(=NC(C)C)[C@@](O)(C[Si](C)(C)C)C(=O)NC(C)C. The number of aliphatic hydroxyl groups is 1. The van der Waals surface area contributed by atoms with Gasteiger partial charge in [-0.05, 0) is 40.7 Å². The molecule has 5 heteroatoms. The number of hydrogen-bond acceptors (Lipinski definition) is 3. The maximum atomic E-state index is 12.4. The van der Waals surface area contributed by atoms with E-state index in [0.717, 1.165) is 0 Å². The van der Waals surface area contributed by atoms with Crippen molar-refractivity contribution in [2.24, 2.45) is 4.99 Å². The third-order valence-corrected chi connectivity index (χ3v) is 4.20. The van der Waals surface area contributed by atoms with E-state index in [0.29, 0.717) is 11.8 Å². The van der Waals surface area contributed by atoms with Crippen LogP contribution in [-0.2, 0) is 4.79 Å². The molecule has 0 unspecified atom stereocenters. The van der Waals surface area contributed by atoms with Gasteiger partial charge in [0.05, 0.1) is 5.71 Å². The van der Waals surface area contributed by atoms with Gasteiger partial charge >= 0.3 is 0 Å². The number of amides is 1. The van der Waals surface area contributed by atoms with Gasteiger partial charge in [0.1, 0.15) is 0 Å². The Bertz CT molecular complexity index is 346. The first-order valence-corrected chi connectivity index (χ1v) is 10.7. The molecule has 0 aromatic carbocycles. The summed E-state index contributed by atoms with van der Waals surface area (Å²) in [4.78, 5) is 16.7. The van der Waals surface area contributed by atoms with E-state index < -0.39 is 13.7 Å². The molecule has 0 bridgehead atoms. The molecule has 1 atom stereocenters. The lowest BCUT2D eigenvalue weighted by Crippen LogP contribution is -2.56. The zero-order valence-corrected chi connectivity index (χ0v) is 14.7. The van der Waals surface area contributed by atoms with Crippen LogP contribution < -0.4 is 5.32 Å². The Morgan fingerprint density at radius 3 is 2.05 bits per heavy atom. The van der Waals surface area contributed by atoms with Crippen LogP contribution in [0, 0.1) is 0 Å². The summed E-state index contributed by atoms with van der Waals surface area (Å²) in [6.07, 6.45) is 0. The molecular formula is C14H30N2O2Si. The fourth-order valence-corrected chi connectivity index (χ4v) is 3.97. The number of carbonyl (C=O) groups excluding carboxylic acids is 1. The van der Waals surface area contributed by atoms with Gasteiger partial charge < -0.3 is 10.4 Å². The highest BCUT2D eigenvalue weighted by atomic mass is 28.3. The van der Waals surface area contributed by atoms with E-state index in [1.165, 1.54) is 0 Å². The van der Waals surface area contributed by atoms with E-state index in [4.69, 9.17) is 0 Å². The molecular weight excluding hydrogens is 256 g/mol. The van der Waals surface area contributed by atoms with E-state index in [1.807, 2.05) is 27.7 Å². The minimum Gasteiger partial charge on any atom is -0.375 e. The molecule has 0 rings (SSSR count). The quantitative estimate of drug-likeness (QED) is 0.582. The third kappa shape index (κ3) is 6.34. The highest BCUT2D eigenvalue weighted by molar-refractivity contribution is 6.77. The molecule has 2 N–H and O–H groups in total. The van der Waals surface area contributed by atoms with E-state index in [-0.39, 0.29) is 18.0 Å². The molecule has 0 aliphatic rings. The van der Waals surface area contributed by atoms with E-state index in [2.05, 4.69) is 30.0 Å². The van der Waals surface area contributed by atoms with Gasteiger partial charge in [-0.25, -0.2) is 0 Å². The fraction of sp³-hybridized carbons (Fsp3) is 0.857. The summed E-state index contributed by atoms with van der Waals surface area (Å²) in [5.74, 6) is -0.327. The molecule has 1 amide bonds. The minimum absolute atomic E-state index is 0.00695. The second kappa shape index (κ2) is 6.66. The number of nitrogens with zero attached hydrogens (tertiary/aromatic N) is 1. The molecule has 0 aliphatic carbocycles. The first kappa shape index (κ1) is 18.3. The Morgan fingerprint density at radius 1 is 1.26 bits per heavy atom. The molecule has 0 spiro atoms. The Labute approximate surface area is 118 Å². The standard InChI is InChI=1S/C14H30N2O2Si/c1-10(2)15-12(5)14(18,9-19(6,7)8)13(17)16-11(3)4/h10-11,18H,9H2,1-8H3,(H,16,17)/t14-/m0/s1. The van der Waals surface area contributed by atoms with E-state index in [9.17, 15) is 9.90 Å². The van der Waals surface area contributed by atoms with Crippen LogP contribution in [0.4, 0.5) is 0 Å². The van der Waals surface area contributed by atoms with Crippen molar-refractivity contribution in [3.8, 4) is 0 Å². The van der Waals surface area contributed by atoms with Gasteiger partial charge in [-0.2, -0.15) is 0 Å². The maximum absolute atomic E-state index is 12.4. The van der Waals surface area contributed by atoms with Crippen molar-refractivity contribution >= 4 is 19.7 Å². The number of hydrogen-bond donors (Lipinski definition) is 2. The van der Waals surface area contributed by atoms with E-state index >= 15 is 0 Å². The van der Waals surface area contributed by atoms with Crippen LogP contribution in [-0.4, -0.2) is 42.5 Å². The summed E-state index contributed by atoms with van der Waals surface area (Å²) in [6.45, 7) is 15.8. The first-order valence-electron chi connectivity index (χ1n) is 6.96. The van der Waals surface area contributed by atoms with Crippen molar-refractivity contribution in [1.29, 1.82) is 0 Å². The molecule has 0 fully saturated rings. The number of nitrogens with one attached hydrogen (secondary N) is 1. The number of rotatable bonds is 6. The smallest absolute Gasteiger partial charge is 0.257 e. The number of carbonyl (C=O) groups is 1. The summed E-state index contributed by atoms with van der Waals surface area (Å²) in [6, 6.07) is 0.563. The Morgan fingerprint density at radius 2 is 1.74 bits per heavy atom. The molecule has 0 aliphatic heterocycles. The molecule has 0 radical (unpaired) electrons. The van der Waals surface area contributed by atoms with Crippen molar-refractivity contribution in [3.05, 3.63) is 0 Å². The normalized spacial score (nSPS) is 16.7. The molecule has 0 aromatic rings. The average molecular weight is 286 g/mol. The summed E-state index contributed by atoms with van der Waals surface area (Å²) in [5.41, 5.74) is -0.956. The van der Waals surface area contributed by atoms with Crippen molar-refractivity contribution < 1.29 is 9.90 Å². The van der Waals surface area contributed by atoms with E-state index in [1.54, 1.807) is 6.92 Å². The van der Waals surface area contributed by atoms with Crippen LogP contribution in [0.15, 0.2) is 4.99 Å². The summed E-state index contributed by atoms with van der Waals surface area (Å²) in [5, 5.41) is 13.7. The van der Waals surface area contributed by atoms with Crippen molar-refractivity contribution in [2.75, 3.05) is 0 Å². The fourth-order valence-electron chi connectivity index (χ4n) is 2.02. The van der Waals surface area contributed by atoms with Crippen LogP contribution >= 0.6 is 0 Å². The van der Waals surface area contributed by atoms with Crippen LogP contribution in [0.5, 0.6) is 0 Å². The van der Waals surface area contributed by atoms with Gasteiger partial charge in [0, 0.05) is 20.2 Å². The van der Waals surface area contributed by atoms with Crippen molar-refractivity contribution in [2.45, 2.75) is 78.0 Å². The zero-order valence-electron chi connectivity index (χ0n) is 13.7. The highest BCUT2D eigenvalue weighted by Gasteiger charge is 2.43. The highest BCUT2D eigenvalue weighted by Crippen LogP contribution is 2.24. The second-order valence-corrected chi connectivity index (χ2v) is 12.5. The molecule has 0 saturated carbocycles. The van der Waals surface area contributed by atoms with Crippen LogP contribution in [0.2, 0.25) is 25.7 Å².